The lowest BCUT2D eigenvalue weighted by molar-refractivity contribution is -0.119. The van der Waals surface area contributed by atoms with E-state index in [0.29, 0.717) is 12.2 Å². The number of nitrogens with one attached hydrogen (secondary N) is 1. The molecule has 9 heteroatoms. The van der Waals surface area contributed by atoms with Crippen molar-refractivity contribution in [3.63, 3.8) is 0 Å². The molecule has 1 N–H and O–H groups in total. The Labute approximate surface area is 211 Å². The Morgan fingerprint density at radius 2 is 1.86 bits per heavy atom. The summed E-state index contributed by atoms with van der Waals surface area (Å²) in [7, 11) is -3.77. The molecule has 2 aromatic carbocycles. The van der Waals surface area contributed by atoms with Crippen molar-refractivity contribution < 1.29 is 22.7 Å². The van der Waals surface area contributed by atoms with E-state index in [1.54, 1.807) is 10.4 Å². The van der Waals surface area contributed by atoms with Crippen molar-refractivity contribution >= 4 is 39.3 Å². The van der Waals surface area contributed by atoms with E-state index < -0.39 is 28.5 Å². The highest BCUT2D eigenvalue weighted by Gasteiger charge is 2.53. The minimum Gasteiger partial charge on any atom is -0.452 e. The zero-order valence-corrected chi connectivity index (χ0v) is 22.2. The topological polar surface area (TPSA) is 92.8 Å². The van der Waals surface area contributed by atoms with Crippen molar-refractivity contribution in [3.05, 3.63) is 54.1 Å². The van der Waals surface area contributed by atoms with Crippen LogP contribution in [0.2, 0.25) is 0 Å². The van der Waals surface area contributed by atoms with Crippen molar-refractivity contribution in [1.29, 1.82) is 0 Å². The van der Waals surface area contributed by atoms with E-state index in [0.717, 1.165) is 24.2 Å². The fraction of sp³-hybridized carbons (Fsp3) is 0.462. The molecule has 7 nitrogen and oxygen atoms in total. The molecular formula is C26H32N2O5S2. The van der Waals surface area contributed by atoms with E-state index in [1.807, 2.05) is 24.5 Å². The van der Waals surface area contributed by atoms with Gasteiger partial charge in [-0.3, -0.25) is 4.79 Å². The number of esters is 1. The smallest absolute Gasteiger partial charge is 0.338 e. The van der Waals surface area contributed by atoms with Crippen molar-refractivity contribution in [3.8, 4) is 0 Å². The highest BCUT2D eigenvalue weighted by molar-refractivity contribution is 7.98. The number of anilines is 1. The molecule has 1 aliphatic carbocycles. The maximum absolute atomic E-state index is 13.5. The van der Waals surface area contributed by atoms with Gasteiger partial charge in [0.15, 0.2) is 6.61 Å². The lowest BCUT2D eigenvalue weighted by Gasteiger charge is -2.39. The van der Waals surface area contributed by atoms with E-state index in [-0.39, 0.29) is 27.3 Å². The molecule has 1 heterocycles. The predicted octanol–water partition coefficient (Wildman–Crippen LogP) is 4.79. The van der Waals surface area contributed by atoms with Crippen LogP contribution in [-0.4, -0.2) is 50.0 Å². The molecule has 2 aliphatic rings. The number of carbonyl (C=O) groups excluding carboxylic acids is 2. The highest BCUT2D eigenvalue weighted by Crippen LogP contribution is 2.53. The summed E-state index contributed by atoms with van der Waals surface area (Å²) in [6, 6.07) is 13.2. The number of para-hydroxylation sites is 1. The summed E-state index contributed by atoms with van der Waals surface area (Å²) in [5, 5.41) is 2.73. The summed E-state index contributed by atoms with van der Waals surface area (Å²) < 4.78 is 33.9. The molecule has 188 valence electrons. The van der Waals surface area contributed by atoms with E-state index in [2.05, 4.69) is 26.1 Å². The van der Waals surface area contributed by atoms with E-state index in [9.17, 15) is 18.0 Å². The van der Waals surface area contributed by atoms with Crippen LogP contribution in [0.3, 0.4) is 0 Å². The molecule has 1 aliphatic heterocycles. The molecule has 1 saturated heterocycles. The highest BCUT2D eigenvalue weighted by atomic mass is 32.2. The van der Waals surface area contributed by atoms with Gasteiger partial charge < -0.3 is 10.1 Å². The lowest BCUT2D eigenvalue weighted by atomic mass is 9.65. The molecule has 4 rings (SSSR count). The monoisotopic (exact) mass is 516 g/mol. The molecule has 2 bridgehead atoms. The average Bonchev–Trinajstić information content (AvgIpc) is 3.07. The second kappa shape index (κ2) is 9.59. The number of carbonyl (C=O) groups is 2. The van der Waals surface area contributed by atoms with Gasteiger partial charge in [0, 0.05) is 17.5 Å². The van der Waals surface area contributed by atoms with Crippen LogP contribution in [0.4, 0.5) is 5.69 Å². The molecule has 35 heavy (non-hydrogen) atoms. The van der Waals surface area contributed by atoms with Gasteiger partial charge in [-0.2, -0.15) is 4.31 Å². The third-order valence-electron chi connectivity index (χ3n) is 6.76. The second-order valence-corrected chi connectivity index (χ2v) is 13.4. The summed E-state index contributed by atoms with van der Waals surface area (Å²) in [6.45, 7) is 6.56. The number of hydrogen-bond acceptors (Lipinski definition) is 6. The van der Waals surface area contributed by atoms with Crippen LogP contribution < -0.4 is 5.32 Å². The first kappa shape index (κ1) is 25.7. The summed E-state index contributed by atoms with van der Waals surface area (Å²) >= 11 is 1.49. The SMILES string of the molecule is CSc1ccccc1NC(=O)COC(=O)c1cccc(S(=O)(=O)N2CC3(C)CC2CC(C)(C)C3)c1. The molecule has 2 aromatic rings. The van der Waals surface area contributed by atoms with Crippen LogP contribution in [0.15, 0.2) is 58.3 Å². The molecule has 1 saturated carbocycles. The van der Waals surface area contributed by atoms with Crippen LogP contribution in [0, 0.1) is 10.8 Å². The number of benzene rings is 2. The summed E-state index contributed by atoms with van der Waals surface area (Å²) in [5.41, 5.74) is 0.780. The molecule has 2 atom stereocenters. The minimum absolute atomic E-state index is 0.0434. The van der Waals surface area contributed by atoms with E-state index in [1.165, 1.54) is 36.0 Å². The first-order valence-corrected chi connectivity index (χ1v) is 14.3. The van der Waals surface area contributed by atoms with Crippen molar-refractivity contribution in [2.45, 2.75) is 55.9 Å². The van der Waals surface area contributed by atoms with Gasteiger partial charge in [0.1, 0.15) is 0 Å². The summed E-state index contributed by atoms with van der Waals surface area (Å²) in [4.78, 5) is 25.9. The van der Waals surface area contributed by atoms with Crippen molar-refractivity contribution in [2.75, 3.05) is 24.7 Å². The zero-order valence-electron chi connectivity index (χ0n) is 20.5. The van der Waals surface area contributed by atoms with Gasteiger partial charge in [-0.25, -0.2) is 13.2 Å². The fourth-order valence-electron chi connectivity index (χ4n) is 5.76. The van der Waals surface area contributed by atoms with Crippen LogP contribution in [0.1, 0.15) is 50.4 Å². The van der Waals surface area contributed by atoms with Gasteiger partial charge in [0.25, 0.3) is 5.91 Å². The average molecular weight is 517 g/mol. The lowest BCUT2D eigenvalue weighted by Crippen LogP contribution is -2.37. The first-order valence-electron chi connectivity index (χ1n) is 11.6. The van der Waals surface area contributed by atoms with Crippen molar-refractivity contribution in [1.82, 2.24) is 4.31 Å². The van der Waals surface area contributed by atoms with Crippen LogP contribution in [0.5, 0.6) is 0 Å². The number of fused-ring (bicyclic) bond motifs is 2. The van der Waals surface area contributed by atoms with Gasteiger partial charge >= 0.3 is 5.97 Å². The Kier molecular flexibility index (Phi) is 7.05. The Balaban J connectivity index is 1.44. The third kappa shape index (κ3) is 5.57. The molecule has 0 spiro atoms. The minimum atomic E-state index is -3.77. The standard InChI is InChI=1S/C26H32N2O5S2/c1-25(2)13-19-14-26(3,16-25)17-28(19)35(31,32)20-9-7-8-18(12-20)24(30)33-15-23(29)27-21-10-5-6-11-22(21)34-4/h5-12,19H,13-17H2,1-4H3,(H,27,29). The van der Waals surface area contributed by atoms with Crippen LogP contribution >= 0.6 is 11.8 Å². The van der Waals surface area contributed by atoms with Crippen LogP contribution in [0.25, 0.3) is 0 Å². The first-order chi connectivity index (χ1) is 16.4. The third-order valence-corrected chi connectivity index (χ3v) is 9.45. The van der Waals surface area contributed by atoms with Gasteiger partial charge in [0.05, 0.1) is 16.1 Å². The number of ether oxygens (including phenoxy) is 1. The Morgan fingerprint density at radius 3 is 2.60 bits per heavy atom. The summed E-state index contributed by atoms with van der Waals surface area (Å²) in [6.07, 6.45) is 4.56. The number of rotatable bonds is 7. The number of thioether (sulfide) groups is 1. The largest absolute Gasteiger partial charge is 0.452 e. The molecule has 2 unspecified atom stereocenters. The van der Waals surface area contributed by atoms with Gasteiger partial charge in [-0.15, -0.1) is 11.8 Å². The normalized spacial score (nSPS) is 23.6. The van der Waals surface area contributed by atoms with Gasteiger partial charge in [-0.1, -0.05) is 39.0 Å². The molecule has 0 aromatic heterocycles. The maximum Gasteiger partial charge on any atom is 0.338 e. The zero-order chi connectivity index (χ0) is 25.4. The number of hydrogen-bond donors (Lipinski definition) is 1. The summed E-state index contributed by atoms with van der Waals surface area (Å²) in [5.74, 6) is -1.22. The van der Waals surface area contributed by atoms with E-state index >= 15 is 0 Å². The fourth-order valence-corrected chi connectivity index (χ4v) is 8.13. The van der Waals surface area contributed by atoms with Gasteiger partial charge in [0.2, 0.25) is 10.0 Å². The van der Waals surface area contributed by atoms with Crippen molar-refractivity contribution in [2.24, 2.45) is 10.8 Å². The maximum atomic E-state index is 13.5. The Bertz CT molecular complexity index is 1240. The number of amides is 1. The molecular weight excluding hydrogens is 484 g/mol. The van der Waals surface area contributed by atoms with E-state index in [4.69, 9.17) is 4.74 Å². The van der Waals surface area contributed by atoms with Crippen LogP contribution in [-0.2, 0) is 19.6 Å². The Morgan fingerprint density at radius 1 is 1.11 bits per heavy atom. The quantitative estimate of drug-likeness (QED) is 0.420. The predicted molar refractivity (Wildman–Crippen MR) is 137 cm³/mol. The van der Waals surface area contributed by atoms with Gasteiger partial charge in [-0.05, 0) is 66.7 Å². The Hall–Kier alpha value is -2.36. The second-order valence-electron chi connectivity index (χ2n) is 10.6. The molecule has 0 radical (unpaired) electrons. The molecule has 1 amide bonds. The number of sulfonamides is 1. The molecule has 2 fully saturated rings. The number of nitrogens with zero attached hydrogens (tertiary/aromatic N) is 1.